The van der Waals surface area contributed by atoms with Crippen LogP contribution < -0.4 is 18.9 Å². The number of nitro benzene ring substituents is 1. The highest BCUT2D eigenvalue weighted by atomic mass is 16.6. The Hall–Kier alpha value is -2.96. The summed E-state index contributed by atoms with van der Waals surface area (Å²) in [4.78, 5) is 10.9. The monoisotopic (exact) mass is 359 g/mol. The fourth-order valence-corrected chi connectivity index (χ4v) is 3.66. The average Bonchev–Trinajstić information content (AvgIpc) is 3.09. The van der Waals surface area contributed by atoms with Crippen LogP contribution >= 0.6 is 0 Å². The zero-order valence-electron chi connectivity index (χ0n) is 15.2. The Kier molecular flexibility index (Phi) is 4.88. The Bertz CT molecular complexity index is 848. The van der Waals surface area contributed by atoms with Gasteiger partial charge in [0.05, 0.1) is 33.4 Å². The number of benzene rings is 2. The second kappa shape index (κ2) is 7.11. The molecule has 0 amide bonds. The van der Waals surface area contributed by atoms with E-state index in [1.165, 1.54) is 7.11 Å². The normalized spacial score (nSPS) is 15.3. The van der Waals surface area contributed by atoms with Crippen molar-refractivity contribution in [2.24, 2.45) is 0 Å². The lowest BCUT2D eigenvalue weighted by Gasteiger charge is -2.20. The van der Waals surface area contributed by atoms with Crippen LogP contribution in [0.3, 0.4) is 0 Å². The molecule has 0 bridgehead atoms. The fourth-order valence-electron chi connectivity index (χ4n) is 3.66. The van der Waals surface area contributed by atoms with E-state index < -0.39 is 4.92 Å². The van der Waals surface area contributed by atoms with Gasteiger partial charge in [0.25, 0.3) is 0 Å². The first-order valence-corrected chi connectivity index (χ1v) is 8.19. The summed E-state index contributed by atoms with van der Waals surface area (Å²) in [6.07, 6.45) is 1.65. The predicted octanol–water partition coefficient (Wildman–Crippen LogP) is 3.71. The quantitative estimate of drug-likeness (QED) is 0.578. The molecule has 0 radical (unpaired) electrons. The lowest BCUT2D eigenvalue weighted by Crippen LogP contribution is -2.04. The smallest absolute Gasteiger partial charge is 0.311 e. The lowest BCUT2D eigenvalue weighted by molar-refractivity contribution is -0.385. The molecule has 2 aromatic rings. The third-order valence-electron chi connectivity index (χ3n) is 4.81. The molecule has 1 unspecified atom stereocenters. The molecule has 0 fully saturated rings. The second-order valence-corrected chi connectivity index (χ2v) is 6.00. The zero-order chi connectivity index (χ0) is 18.8. The summed E-state index contributed by atoms with van der Waals surface area (Å²) in [7, 11) is 6.16. The van der Waals surface area contributed by atoms with E-state index in [1.54, 1.807) is 33.5 Å². The van der Waals surface area contributed by atoms with Gasteiger partial charge in [0.2, 0.25) is 5.75 Å². The van der Waals surface area contributed by atoms with Crippen LogP contribution in [0.25, 0.3) is 0 Å². The molecule has 3 rings (SSSR count). The Morgan fingerprint density at radius 1 is 0.962 bits per heavy atom. The molecule has 1 atom stereocenters. The van der Waals surface area contributed by atoms with Gasteiger partial charge in [-0.25, -0.2) is 0 Å². The first-order chi connectivity index (χ1) is 12.5. The summed E-state index contributed by atoms with van der Waals surface area (Å²) in [5.74, 6) is 1.98. The van der Waals surface area contributed by atoms with Gasteiger partial charge in [-0.2, -0.15) is 0 Å². The van der Waals surface area contributed by atoms with Crippen molar-refractivity contribution in [2.75, 3.05) is 28.4 Å². The number of aryl methyl sites for hydroxylation is 1. The largest absolute Gasteiger partial charge is 0.493 e. The van der Waals surface area contributed by atoms with Crippen LogP contribution in [0.15, 0.2) is 24.3 Å². The second-order valence-electron chi connectivity index (χ2n) is 6.00. The molecule has 26 heavy (non-hydrogen) atoms. The van der Waals surface area contributed by atoms with E-state index in [0.717, 1.165) is 29.5 Å². The number of nitrogens with zero attached hydrogens (tertiary/aromatic N) is 1. The maximum atomic E-state index is 11.4. The third-order valence-corrected chi connectivity index (χ3v) is 4.81. The van der Waals surface area contributed by atoms with Crippen LogP contribution in [-0.2, 0) is 6.42 Å². The van der Waals surface area contributed by atoms with Gasteiger partial charge in [0.15, 0.2) is 17.2 Å². The molecular formula is C19H21NO6. The maximum absolute atomic E-state index is 11.4. The maximum Gasteiger partial charge on any atom is 0.311 e. The Morgan fingerprint density at radius 2 is 1.65 bits per heavy atom. The highest BCUT2D eigenvalue weighted by Crippen LogP contribution is 2.51. The predicted molar refractivity (Wildman–Crippen MR) is 95.9 cm³/mol. The van der Waals surface area contributed by atoms with E-state index >= 15 is 0 Å². The van der Waals surface area contributed by atoms with Crippen LogP contribution in [-0.4, -0.2) is 33.4 Å². The molecule has 1 aliphatic carbocycles. The molecule has 0 heterocycles. The fraction of sp³-hybridized carbons (Fsp3) is 0.368. The van der Waals surface area contributed by atoms with E-state index in [0.29, 0.717) is 17.2 Å². The number of nitro groups is 1. The molecule has 0 aliphatic heterocycles. The number of hydrogen-bond donors (Lipinski definition) is 0. The summed E-state index contributed by atoms with van der Waals surface area (Å²) in [5.41, 5.74) is 2.90. The molecule has 7 nitrogen and oxygen atoms in total. The van der Waals surface area contributed by atoms with Gasteiger partial charge in [-0.15, -0.1) is 0 Å². The van der Waals surface area contributed by atoms with Crippen LogP contribution in [0.1, 0.15) is 29.0 Å². The summed E-state index contributed by atoms with van der Waals surface area (Å²) in [6.45, 7) is 0. The topological polar surface area (TPSA) is 80.1 Å². The SMILES string of the molecule is COc1ccc(C2CCc3cc(OC)c(OC)c(OC)c32)cc1[N+](=O)[O-]. The molecule has 7 heteroatoms. The van der Waals surface area contributed by atoms with Crippen LogP contribution in [0.2, 0.25) is 0 Å². The zero-order valence-corrected chi connectivity index (χ0v) is 15.2. The Balaban J connectivity index is 2.15. The van der Waals surface area contributed by atoms with Crippen LogP contribution in [0.5, 0.6) is 23.0 Å². The van der Waals surface area contributed by atoms with Gasteiger partial charge in [-0.05, 0) is 36.1 Å². The summed E-state index contributed by atoms with van der Waals surface area (Å²) >= 11 is 0. The number of methoxy groups -OCH3 is 4. The van der Waals surface area contributed by atoms with Crippen LogP contribution in [0, 0.1) is 10.1 Å². The van der Waals surface area contributed by atoms with E-state index in [4.69, 9.17) is 18.9 Å². The number of fused-ring (bicyclic) bond motifs is 1. The van der Waals surface area contributed by atoms with Crippen molar-refractivity contribution in [3.05, 3.63) is 51.1 Å². The Labute approximate surface area is 151 Å². The minimum Gasteiger partial charge on any atom is -0.493 e. The minimum atomic E-state index is -0.427. The van der Waals surface area contributed by atoms with Crippen molar-refractivity contribution in [2.45, 2.75) is 18.8 Å². The van der Waals surface area contributed by atoms with Crippen molar-refractivity contribution in [1.82, 2.24) is 0 Å². The number of ether oxygens (including phenoxy) is 4. The summed E-state index contributed by atoms with van der Waals surface area (Å²) in [5, 5.41) is 11.4. The summed E-state index contributed by atoms with van der Waals surface area (Å²) < 4.78 is 21.6. The third kappa shape index (κ3) is 2.79. The van der Waals surface area contributed by atoms with Gasteiger partial charge in [0, 0.05) is 17.5 Å². The van der Waals surface area contributed by atoms with Crippen molar-refractivity contribution in [3.63, 3.8) is 0 Å². The minimum absolute atomic E-state index is 0.0237. The van der Waals surface area contributed by atoms with Crippen LogP contribution in [0.4, 0.5) is 5.69 Å². The first kappa shape index (κ1) is 17.8. The molecule has 0 spiro atoms. The first-order valence-electron chi connectivity index (χ1n) is 8.19. The van der Waals surface area contributed by atoms with Crippen molar-refractivity contribution < 1.29 is 23.9 Å². The Morgan fingerprint density at radius 3 is 2.23 bits per heavy atom. The van der Waals surface area contributed by atoms with Gasteiger partial charge in [0.1, 0.15) is 0 Å². The van der Waals surface area contributed by atoms with E-state index in [2.05, 4.69) is 0 Å². The lowest BCUT2D eigenvalue weighted by atomic mass is 9.91. The standard InChI is InChI=1S/C19H21NO6/c1-23-15-8-6-11(9-14(15)20(21)22)13-7-5-12-10-16(24-2)18(25-3)19(26-4)17(12)13/h6,8-10,13H,5,7H2,1-4H3. The average molecular weight is 359 g/mol. The van der Waals surface area contributed by atoms with Crippen molar-refractivity contribution >= 4 is 5.69 Å². The van der Waals surface area contributed by atoms with E-state index in [1.807, 2.05) is 12.1 Å². The van der Waals surface area contributed by atoms with Gasteiger partial charge in [-0.1, -0.05) is 6.07 Å². The van der Waals surface area contributed by atoms with Gasteiger partial charge >= 0.3 is 5.69 Å². The molecule has 0 saturated carbocycles. The van der Waals surface area contributed by atoms with Crippen molar-refractivity contribution in [1.29, 1.82) is 0 Å². The molecule has 0 N–H and O–H groups in total. The van der Waals surface area contributed by atoms with Gasteiger partial charge in [-0.3, -0.25) is 10.1 Å². The highest BCUT2D eigenvalue weighted by Gasteiger charge is 2.33. The van der Waals surface area contributed by atoms with Gasteiger partial charge < -0.3 is 18.9 Å². The number of rotatable bonds is 6. The molecule has 0 aromatic heterocycles. The van der Waals surface area contributed by atoms with E-state index in [9.17, 15) is 10.1 Å². The number of hydrogen-bond acceptors (Lipinski definition) is 6. The molecular weight excluding hydrogens is 338 g/mol. The molecule has 2 aromatic carbocycles. The molecule has 138 valence electrons. The highest BCUT2D eigenvalue weighted by molar-refractivity contribution is 5.64. The summed E-state index contributed by atoms with van der Waals surface area (Å²) in [6, 6.07) is 7.03. The molecule has 0 saturated heterocycles. The van der Waals surface area contributed by atoms with Crippen molar-refractivity contribution in [3.8, 4) is 23.0 Å². The van der Waals surface area contributed by atoms with E-state index in [-0.39, 0.29) is 17.4 Å². The molecule has 1 aliphatic rings.